The number of benzene rings is 1. The number of rotatable bonds is 4. The molecule has 0 aliphatic carbocycles. The smallest absolute Gasteiger partial charge is 0.328 e. The van der Waals surface area contributed by atoms with Crippen LogP contribution < -0.4 is 4.74 Å². The fraction of sp³-hybridized carbons (Fsp3) is 0.0625. The zero-order valence-electron chi connectivity index (χ0n) is 11.3. The summed E-state index contributed by atoms with van der Waals surface area (Å²) in [6.07, 6.45) is 4.03. The van der Waals surface area contributed by atoms with Gasteiger partial charge in [-0.15, -0.1) is 0 Å². The Morgan fingerprint density at radius 1 is 1.43 bits per heavy atom. The minimum atomic E-state index is -1.01. The Hall–Kier alpha value is -3.13. The Morgan fingerprint density at radius 2 is 2.24 bits per heavy atom. The number of nitriles is 1. The molecular weight excluding hydrogens is 268 g/mol. The highest BCUT2D eigenvalue weighted by Gasteiger charge is 2.04. The summed E-state index contributed by atoms with van der Waals surface area (Å²) in [6.45, 7) is 1.81. The number of hydrogen-bond donors (Lipinski definition) is 1. The molecule has 2 aromatic rings. The highest BCUT2D eigenvalue weighted by Crippen LogP contribution is 2.24. The van der Waals surface area contributed by atoms with Crippen molar-refractivity contribution in [2.75, 3.05) is 0 Å². The number of carboxylic acid groups (broad SMARTS) is 1. The van der Waals surface area contributed by atoms with E-state index in [1.54, 1.807) is 30.3 Å². The topological polar surface area (TPSA) is 83.2 Å². The van der Waals surface area contributed by atoms with Gasteiger partial charge in [0, 0.05) is 17.8 Å². The van der Waals surface area contributed by atoms with Gasteiger partial charge >= 0.3 is 5.97 Å². The van der Waals surface area contributed by atoms with Crippen molar-refractivity contribution in [3.05, 3.63) is 59.3 Å². The molecule has 1 aromatic heterocycles. The SMILES string of the molecule is Cc1cc(/C=C/C(=O)O)cnc1Oc1cccc(C#N)c1. The van der Waals surface area contributed by atoms with E-state index in [9.17, 15) is 4.79 Å². The summed E-state index contributed by atoms with van der Waals surface area (Å²) in [5.41, 5.74) is 1.95. The van der Waals surface area contributed by atoms with Gasteiger partial charge in [0.05, 0.1) is 11.6 Å². The first kappa shape index (κ1) is 14.3. The van der Waals surface area contributed by atoms with Gasteiger partial charge in [0.1, 0.15) is 5.75 Å². The van der Waals surface area contributed by atoms with E-state index in [0.29, 0.717) is 22.8 Å². The number of pyridine rings is 1. The van der Waals surface area contributed by atoms with Crippen LogP contribution in [0.15, 0.2) is 42.6 Å². The Kier molecular flexibility index (Phi) is 4.32. The second-order valence-electron chi connectivity index (χ2n) is 4.30. The van der Waals surface area contributed by atoms with Gasteiger partial charge in [-0.1, -0.05) is 6.07 Å². The maximum atomic E-state index is 10.5. The molecule has 0 atom stereocenters. The molecule has 2 rings (SSSR count). The molecule has 5 heteroatoms. The quantitative estimate of drug-likeness (QED) is 0.870. The van der Waals surface area contributed by atoms with Crippen molar-refractivity contribution in [2.45, 2.75) is 6.92 Å². The Bertz CT molecular complexity index is 745. The maximum absolute atomic E-state index is 10.5. The van der Waals surface area contributed by atoms with Gasteiger partial charge in [-0.2, -0.15) is 5.26 Å². The Balaban J connectivity index is 2.21. The predicted octanol–water partition coefficient (Wildman–Crippen LogP) is 3.15. The number of nitrogens with zero attached hydrogens (tertiary/aromatic N) is 2. The maximum Gasteiger partial charge on any atom is 0.328 e. The molecule has 104 valence electrons. The standard InChI is InChI=1S/C16H12N2O3/c1-11-7-13(5-6-15(19)20)10-18-16(11)21-14-4-2-3-12(8-14)9-17/h2-8,10H,1H3,(H,19,20)/b6-5+. The monoisotopic (exact) mass is 280 g/mol. The van der Waals surface area contributed by atoms with Crippen molar-refractivity contribution in [1.29, 1.82) is 5.26 Å². The average Bonchev–Trinajstić information content (AvgIpc) is 2.48. The molecule has 21 heavy (non-hydrogen) atoms. The minimum absolute atomic E-state index is 0.414. The molecule has 0 radical (unpaired) electrons. The highest BCUT2D eigenvalue weighted by molar-refractivity contribution is 5.85. The van der Waals surface area contributed by atoms with E-state index in [4.69, 9.17) is 15.1 Å². The van der Waals surface area contributed by atoms with E-state index in [1.807, 2.05) is 13.0 Å². The third kappa shape index (κ3) is 3.91. The molecule has 0 aliphatic heterocycles. The molecule has 0 fully saturated rings. The molecule has 0 saturated carbocycles. The van der Waals surface area contributed by atoms with E-state index >= 15 is 0 Å². The van der Waals surface area contributed by atoms with Crippen LogP contribution in [0.4, 0.5) is 0 Å². The summed E-state index contributed by atoms with van der Waals surface area (Å²) in [5.74, 6) is -0.0719. The Labute approximate surface area is 121 Å². The van der Waals surface area contributed by atoms with E-state index in [0.717, 1.165) is 11.6 Å². The number of hydrogen-bond acceptors (Lipinski definition) is 4. The molecule has 1 aromatic carbocycles. The van der Waals surface area contributed by atoms with Gasteiger partial charge in [-0.3, -0.25) is 0 Å². The van der Waals surface area contributed by atoms with Crippen LogP contribution in [-0.4, -0.2) is 16.1 Å². The predicted molar refractivity (Wildman–Crippen MR) is 76.9 cm³/mol. The van der Waals surface area contributed by atoms with Crippen molar-refractivity contribution in [1.82, 2.24) is 4.98 Å². The molecule has 0 unspecified atom stereocenters. The van der Waals surface area contributed by atoms with Crippen LogP contribution >= 0.6 is 0 Å². The fourth-order valence-electron chi connectivity index (χ4n) is 1.69. The average molecular weight is 280 g/mol. The molecule has 0 bridgehead atoms. The van der Waals surface area contributed by atoms with E-state index in [1.165, 1.54) is 12.3 Å². The molecule has 0 aliphatic rings. The highest BCUT2D eigenvalue weighted by atomic mass is 16.5. The van der Waals surface area contributed by atoms with Gasteiger partial charge in [0.25, 0.3) is 0 Å². The van der Waals surface area contributed by atoms with Crippen molar-refractivity contribution < 1.29 is 14.6 Å². The van der Waals surface area contributed by atoms with Crippen LogP contribution in [0.3, 0.4) is 0 Å². The second-order valence-corrected chi connectivity index (χ2v) is 4.30. The summed E-state index contributed by atoms with van der Waals surface area (Å²) in [5, 5.41) is 17.4. The Morgan fingerprint density at radius 3 is 2.90 bits per heavy atom. The van der Waals surface area contributed by atoms with Gasteiger partial charge < -0.3 is 9.84 Å². The van der Waals surface area contributed by atoms with Gasteiger partial charge in [0.2, 0.25) is 5.88 Å². The zero-order valence-corrected chi connectivity index (χ0v) is 11.3. The zero-order chi connectivity index (χ0) is 15.2. The first-order valence-electron chi connectivity index (χ1n) is 6.14. The van der Waals surface area contributed by atoms with Crippen molar-refractivity contribution >= 4 is 12.0 Å². The minimum Gasteiger partial charge on any atom is -0.478 e. The number of carbonyl (C=O) groups is 1. The summed E-state index contributed by atoms with van der Waals surface area (Å²) < 4.78 is 5.63. The van der Waals surface area contributed by atoms with Gasteiger partial charge in [0.15, 0.2) is 0 Å². The fourth-order valence-corrected chi connectivity index (χ4v) is 1.69. The second kappa shape index (κ2) is 6.35. The summed E-state index contributed by atoms with van der Waals surface area (Å²) in [7, 11) is 0. The first-order valence-corrected chi connectivity index (χ1v) is 6.14. The molecule has 1 heterocycles. The number of aromatic nitrogens is 1. The van der Waals surface area contributed by atoms with Crippen LogP contribution in [0.2, 0.25) is 0 Å². The van der Waals surface area contributed by atoms with E-state index in [2.05, 4.69) is 4.98 Å². The molecule has 1 N–H and O–H groups in total. The molecule has 0 amide bonds. The largest absolute Gasteiger partial charge is 0.478 e. The van der Waals surface area contributed by atoms with Crippen molar-refractivity contribution in [3.8, 4) is 17.7 Å². The summed E-state index contributed by atoms with van der Waals surface area (Å²) in [4.78, 5) is 14.6. The van der Waals surface area contributed by atoms with Crippen LogP contribution in [0.25, 0.3) is 6.08 Å². The lowest BCUT2D eigenvalue weighted by atomic mass is 10.2. The van der Waals surface area contributed by atoms with Gasteiger partial charge in [-0.05, 0) is 42.8 Å². The summed E-state index contributed by atoms with van der Waals surface area (Å²) in [6, 6.07) is 10.6. The van der Waals surface area contributed by atoms with Crippen molar-refractivity contribution in [2.24, 2.45) is 0 Å². The number of aliphatic carboxylic acids is 1. The molecule has 5 nitrogen and oxygen atoms in total. The normalized spacial score (nSPS) is 10.3. The van der Waals surface area contributed by atoms with E-state index < -0.39 is 5.97 Å². The third-order valence-corrected chi connectivity index (χ3v) is 2.65. The van der Waals surface area contributed by atoms with Crippen LogP contribution in [-0.2, 0) is 4.79 Å². The van der Waals surface area contributed by atoms with Gasteiger partial charge in [-0.25, -0.2) is 9.78 Å². The summed E-state index contributed by atoms with van der Waals surface area (Å²) >= 11 is 0. The molecular formula is C16H12N2O3. The van der Waals surface area contributed by atoms with E-state index in [-0.39, 0.29) is 0 Å². The lowest BCUT2D eigenvalue weighted by molar-refractivity contribution is -0.131. The van der Waals surface area contributed by atoms with Crippen LogP contribution in [0.5, 0.6) is 11.6 Å². The molecule has 0 spiro atoms. The molecule has 0 saturated heterocycles. The number of ether oxygens (including phenoxy) is 1. The lowest BCUT2D eigenvalue weighted by Gasteiger charge is -2.08. The third-order valence-electron chi connectivity index (χ3n) is 2.65. The lowest BCUT2D eigenvalue weighted by Crippen LogP contribution is -1.93. The number of aryl methyl sites for hydroxylation is 1. The van der Waals surface area contributed by atoms with Crippen LogP contribution in [0, 0.1) is 18.3 Å². The van der Waals surface area contributed by atoms with Crippen LogP contribution in [0.1, 0.15) is 16.7 Å². The first-order chi connectivity index (χ1) is 10.1. The number of carboxylic acids is 1. The van der Waals surface area contributed by atoms with Crippen molar-refractivity contribution in [3.63, 3.8) is 0 Å².